The monoisotopic (exact) mass is 429 g/mol. The van der Waals surface area contributed by atoms with Crippen LogP contribution in [0.2, 0.25) is 5.02 Å². The number of halogens is 1. The number of nitrogens with one attached hydrogen (secondary N) is 2. The number of carbonyl (C=O) groups is 1. The fraction of sp³-hybridized carbons (Fsp3) is 0.222. The third-order valence-electron chi connectivity index (χ3n) is 4.63. The van der Waals surface area contributed by atoms with Crippen LogP contribution in [0, 0.1) is 0 Å². The average Bonchev–Trinajstić information content (AvgIpc) is 3.45. The molecule has 5 rings (SSSR count). The molecule has 2 amide bonds. The van der Waals surface area contributed by atoms with Crippen LogP contribution in [0.15, 0.2) is 36.8 Å². The Morgan fingerprint density at radius 1 is 1.28 bits per heavy atom. The lowest BCUT2D eigenvalue weighted by molar-refractivity contribution is 0.0564. The summed E-state index contributed by atoms with van der Waals surface area (Å²) in [5, 5.41) is 11.3. The zero-order chi connectivity index (χ0) is 19.8. The van der Waals surface area contributed by atoms with E-state index < -0.39 is 0 Å². The number of amides is 2. The Kier molecular flexibility index (Phi) is 4.66. The molecule has 148 valence electrons. The second-order valence-corrected chi connectivity index (χ2v) is 7.81. The van der Waals surface area contributed by atoms with Crippen LogP contribution in [0.1, 0.15) is 0 Å². The van der Waals surface area contributed by atoms with Gasteiger partial charge in [0.1, 0.15) is 11.0 Å². The number of rotatable bonds is 3. The average molecular weight is 430 g/mol. The van der Waals surface area contributed by atoms with Gasteiger partial charge in [0.15, 0.2) is 16.6 Å². The third kappa shape index (κ3) is 3.35. The van der Waals surface area contributed by atoms with Crippen LogP contribution in [-0.2, 0) is 4.74 Å². The second-order valence-electron chi connectivity index (χ2n) is 6.40. The standard InChI is InChI=1S/C18H16ClN7O2S/c19-12-4-2-1-3-11(12)13-9-20-10-26(13)16-14-15(23-24-16)21-17(29-14)22-18(27)25-5-7-28-8-6-25/h1-4,9-10H,5-8H2,(H2,21,22,23,24,27). The molecule has 0 saturated carbocycles. The van der Waals surface area contributed by atoms with Crippen molar-refractivity contribution in [1.29, 1.82) is 0 Å². The number of hydrogen-bond donors (Lipinski definition) is 2. The normalized spacial score (nSPS) is 14.4. The minimum absolute atomic E-state index is 0.182. The Balaban J connectivity index is 1.46. The lowest BCUT2D eigenvalue weighted by atomic mass is 10.1. The largest absolute Gasteiger partial charge is 0.378 e. The van der Waals surface area contributed by atoms with E-state index in [1.54, 1.807) is 17.4 Å². The van der Waals surface area contributed by atoms with Gasteiger partial charge in [-0.2, -0.15) is 5.10 Å². The maximum Gasteiger partial charge on any atom is 0.323 e. The quantitative estimate of drug-likeness (QED) is 0.519. The number of morpholine rings is 1. The van der Waals surface area contributed by atoms with Gasteiger partial charge in [0, 0.05) is 23.7 Å². The molecule has 0 aliphatic carbocycles. The van der Waals surface area contributed by atoms with Gasteiger partial charge in [-0.15, -0.1) is 0 Å². The van der Waals surface area contributed by atoms with Crippen molar-refractivity contribution >= 4 is 44.4 Å². The molecule has 0 unspecified atom stereocenters. The number of aromatic amines is 1. The van der Waals surface area contributed by atoms with Crippen molar-refractivity contribution in [3.05, 3.63) is 41.8 Å². The molecule has 9 nitrogen and oxygen atoms in total. The van der Waals surface area contributed by atoms with E-state index in [1.807, 2.05) is 28.8 Å². The Labute approximate surface area is 174 Å². The molecule has 2 N–H and O–H groups in total. The van der Waals surface area contributed by atoms with Crippen molar-refractivity contribution in [2.45, 2.75) is 0 Å². The highest BCUT2D eigenvalue weighted by Crippen LogP contribution is 2.34. The molecule has 1 aliphatic heterocycles. The first kappa shape index (κ1) is 18.1. The van der Waals surface area contributed by atoms with Gasteiger partial charge in [-0.05, 0) is 6.07 Å². The number of hydrogen-bond acceptors (Lipinski definition) is 6. The Morgan fingerprint density at radius 3 is 2.93 bits per heavy atom. The summed E-state index contributed by atoms with van der Waals surface area (Å²) in [7, 11) is 0. The molecule has 0 bridgehead atoms. The van der Waals surface area contributed by atoms with Gasteiger partial charge in [0.25, 0.3) is 0 Å². The summed E-state index contributed by atoms with van der Waals surface area (Å²) in [6, 6.07) is 7.38. The number of H-pyrrole nitrogens is 1. The van der Waals surface area contributed by atoms with Crippen molar-refractivity contribution in [2.24, 2.45) is 0 Å². The van der Waals surface area contributed by atoms with Gasteiger partial charge in [-0.3, -0.25) is 15.0 Å². The number of imidazole rings is 1. The van der Waals surface area contributed by atoms with E-state index in [2.05, 4.69) is 25.5 Å². The number of nitrogens with zero attached hydrogens (tertiary/aromatic N) is 5. The number of urea groups is 1. The third-order valence-corrected chi connectivity index (χ3v) is 5.92. The first-order valence-electron chi connectivity index (χ1n) is 8.97. The number of aromatic nitrogens is 5. The van der Waals surface area contributed by atoms with E-state index >= 15 is 0 Å². The molecule has 1 saturated heterocycles. The summed E-state index contributed by atoms with van der Waals surface area (Å²) in [5.41, 5.74) is 2.27. The van der Waals surface area contributed by atoms with Crippen LogP contribution in [0.5, 0.6) is 0 Å². The molecule has 11 heteroatoms. The number of thiazole rings is 1. The van der Waals surface area contributed by atoms with Crippen molar-refractivity contribution in [3.63, 3.8) is 0 Å². The number of benzene rings is 1. The minimum atomic E-state index is -0.182. The van der Waals surface area contributed by atoms with Gasteiger partial charge >= 0.3 is 6.03 Å². The lowest BCUT2D eigenvalue weighted by Gasteiger charge is -2.26. The first-order valence-corrected chi connectivity index (χ1v) is 10.2. The smallest absolute Gasteiger partial charge is 0.323 e. The summed E-state index contributed by atoms with van der Waals surface area (Å²) in [6.07, 6.45) is 3.42. The molecule has 1 aliphatic rings. The predicted octanol–water partition coefficient (Wildman–Crippen LogP) is 3.39. The lowest BCUT2D eigenvalue weighted by Crippen LogP contribution is -2.43. The van der Waals surface area contributed by atoms with Crippen LogP contribution < -0.4 is 5.32 Å². The Hall–Kier alpha value is -2.95. The molecule has 1 fully saturated rings. The summed E-state index contributed by atoms with van der Waals surface area (Å²) in [5.74, 6) is 0.650. The molecule has 1 aromatic carbocycles. The molecule has 3 aromatic heterocycles. The van der Waals surface area contributed by atoms with E-state index in [1.165, 1.54) is 11.3 Å². The zero-order valence-electron chi connectivity index (χ0n) is 15.1. The molecule has 0 spiro atoms. The highest BCUT2D eigenvalue weighted by molar-refractivity contribution is 7.22. The summed E-state index contributed by atoms with van der Waals surface area (Å²) >= 11 is 7.72. The summed E-state index contributed by atoms with van der Waals surface area (Å²) in [4.78, 5) is 22.9. The van der Waals surface area contributed by atoms with Crippen molar-refractivity contribution in [2.75, 3.05) is 31.6 Å². The molecule has 0 radical (unpaired) electrons. The number of ether oxygens (including phenoxy) is 1. The first-order chi connectivity index (χ1) is 14.2. The van der Waals surface area contributed by atoms with Crippen LogP contribution in [-0.4, -0.2) is 62.0 Å². The molecular weight excluding hydrogens is 414 g/mol. The maximum absolute atomic E-state index is 12.4. The summed E-state index contributed by atoms with van der Waals surface area (Å²) in [6.45, 7) is 2.23. The van der Waals surface area contributed by atoms with E-state index in [0.29, 0.717) is 47.9 Å². The van der Waals surface area contributed by atoms with Gasteiger partial charge in [0.2, 0.25) is 0 Å². The van der Waals surface area contributed by atoms with E-state index in [-0.39, 0.29) is 6.03 Å². The number of anilines is 1. The molecule has 29 heavy (non-hydrogen) atoms. The van der Waals surface area contributed by atoms with Crippen LogP contribution in [0.4, 0.5) is 9.93 Å². The SMILES string of the molecule is O=C(Nc1nc2[nH]nc(-n3cncc3-c3ccccc3Cl)c2s1)N1CCOCC1. The molecule has 0 atom stereocenters. The van der Waals surface area contributed by atoms with Crippen LogP contribution >= 0.6 is 22.9 Å². The van der Waals surface area contributed by atoms with Gasteiger partial charge in [-0.1, -0.05) is 41.1 Å². The van der Waals surface area contributed by atoms with Crippen LogP contribution in [0.25, 0.3) is 27.4 Å². The minimum Gasteiger partial charge on any atom is -0.378 e. The highest BCUT2D eigenvalue weighted by atomic mass is 35.5. The molecular formula is C18H16ClN7O2S. The highest BCUT2D eigenvalue weighted by Gasteiger charge is 2.21. The van der Waals surface area contributed by atoms with E-state index in [4.69, 9.17) is 16.3 Å². The predicted molar refractivity (Wildman–Crippen MR) is 111 cm³/mol. The molecule has 4 aromatic rings. The van der Waals surface area contributed by atoms with Gasteiger partial charge in [0.05, 0.1) is 25.1 Å². The van der Waals surface area contributed by atoms with Crippen molar-refractivity contribution in [3.8, 4) is 17.1 Å². The van der Waals surface area contributed by atoms with E-state index in [9.17, 15) is 4.79 Å². The fourth-order valence-electron chi connectivity index (χ4n) is 3.19. The van der Waals surface area contributed by atoms with E-state index in [0.717, 1.165) is 16.0 Å². The van der Waals surface area contributed by atoms with Crippen LogP contribution in [0.3, 0.4) is 0 Å². The number of carbonyl (C=O) groups excluding carboxylic acids is 1. The molecule has 4 heterocycles. The maximum atomic E-state index is 12.4. The Morgan fingerprint density at radius 2 is 2.10 bits per heavy atom. The number of fused-ring (bicyclic) bond motifs is 1. The zero-order valence-corrected chi connectivity index (χ0v) is 16.7. The van der Waals surface area contributed by atoms with Crippen molar-refractivity contribution < 1.29 is 9.53 Å². The second kappa shape index (κ2) is 7.47. The van der Waals surface area contributed by atoms with Gasteiger partial charge in [-0.25, -0.2) is 14.8 Å². The van der Waals surface area contributed by atoms with Crippen molar-refractivity contribution in [1.82, 2.24) is 29.6 Å². The fourth-order valence-corrected chi connectivity index (χ4v) is 4.31. The Bertz CT molecular complexity index is 1180. The summed E-state index contributed by atoms with van der Waals surface area (Å²) < 4.78 is 7.95. The topological polar surface area (TPSA) is 101 Å². The van der Waals surface area contributed by atoms with Gasteiger partial charge < -0.3 is 9.64 Å².